The molecule has 0 fully saturated rings. The molecule has 9 nitrogen and oxygen atoms in total. The van der Waals surface area contributed by atoms with Gasteiger partial charge in [0.15, 0.2) is 0 Å². The number of amidine groups is 1. The first-order chi connectivity index (χ1) is 16.1. The highest BCUT2D eigenvalue weighted by Crippen LogP contribution is 2.32. The topological polar surface area (TPSA) is 110 Å². The number of nitrogens with one attached hydrogen (secondary N) is 3. The Morgan fingerprint density at radius 1 is 1.24 bits per heavy atom. The van der Waals surface area contributed by atoms with Crippen molar-refractivity contribution in [2.24, 2.45) is 5.10 Å². The van der Waals surface area contributed by atoms with Crippen LogP contribution in [0, 0.1) is 6.92 Å². The molecular formula is C24H28N6O3. The van der Waals surface area contributed by atoms with E-state index < -0.39 is 0 Å². The molecule has 9 heteroatoms. The summed E-state index contributed by atoms with van der Waals surface area (Å²) in [5.41, 5.74) is 6.71. The van der Waals surface area contributed by atoms with E-state index in [-0.39, 0.29) is 5.91 Å². The lowest BCUT2D eigenvalue weighted by Crippen LogP contribution is -2.26. The quantitative estimate of drug-likeness (QED) is 0.432. The smallest absolute Gasteiger partial charge is 0.251 e. The number of fused-ring (bicyclic) bond motifs is 1. The number of hydrazone groups is 1. The Labute approximate surface area is 192 Å². The second-order valence-electron chi connectivity index (χ2n) is 7.64. The molecule has 0 atom stereocenters. The van der Waals surface area contributed by atoms with Crippen molar-refractivity contribution >= 4 is 22.6 Å². The number of aromatic nitrogens is 2. The lowest BCUT2D eigenvalue weighted by molar-refractivity contribution is 0.0953. The van der Waals surface area contributed by atoms with Gasteiger partial charge in [0.1, 0.15) is 18.3 Å². The van der Waals surface area contributed by atoms with Crippen molar-refractivity contribution < 1.29 is 14.3 Å². The maximum absolute atomic E-state index is 12.7. The fraction of sp³-hybridized carbons (Fsp3) is 0.333. The minimum atomic E-state index is -0.135. The molecule has 2 aromatic heterocycles. The number of benzene rings is 1. The molecular weight excluding hydrogens is 420 g/mol. The Balaban J connectivity index is 1.58. The van der Waals surface area contributed by atoms with E-state index in [0.29, 0.717) is 36.8 Å². The van der Waals surface area contributed by atoms with Crippen molar-refractivity contribution in [3.8, 4) is 22.9 Å². The molecule has 0 radical (unpaired) electrons. The molecule has 3 N–H and O–H groups in total. The van der Waals surface area contributed by atoms with Gasteiger partial charge < -0.3 is 20.1 Å². The van der Waals surface area contributed by atoms with Gasteiger partial charge >= 0.3 is 0 Å². The summed E-state index contributed by atoms with van der Waals surface area (Å²) in [5, 5.41) is 11.1. The first-order valence-corrected chi connectivity index (χ1v) is 11.0. The number of ether oxygens (including phenoxy) is 2. The largest absolute Gasteiger partial charge is 0.493 e. The minimum Gasteiger partial charge on any atom is -0.493 e. The fourth-order valence-corrected chi connectivity index (χ4v) is 3.68. The zero-order valence-corrected chi connectivity index (χ0v) is 19.1. The van der Waals surface area contributed by atoms with Gasteiger partial charge in [-0.3, -0.25) is 10.2 Å². The molecule has 0 spiro atoms. The van der Waals surface area contributed by atoms with Gasteiger partial charge in [-0.05, 0) is 44.0 Å². The molecule has 0 saturated heterocycles. The summed E-state index contributed by atoms with van der Waals surface area (Å²) in [6.07, 6.45) is 3.32. The van der Waals surface area contributed by atoms with Crippen LogP contribution in [0.2, 0.25) is 0 Å². The van der Waals surface area contributed by atoms with Gasteiger partial charge in [0.05, 0.1) is 24.9 Å². The van der Waals surface area contributed by atoms with E-state index in [1.54, 1.807) is 25.4 Å². The van der Waals surface area contributed by atoms with Crippen LogP contribution in [0.4, 0.5) is 0 Å². The Bertz CT molecular complexity index is 1190. The molecule has 0 bridgehead atoms. The van der Waals surface area contributed by atoms with Crippen LogP contribution in [0.3, 0.4) is 0 Å². The predicted molar refractivity (Wildman–Crippen MR) is 128 cm³/mol. The number of methoxy groups -OCH3 is 1. The Morgan fingerprint density at radius 3 is 2.85 bits per heavy atom. The number of pyridine rings is 2. The summed E-state index contributed by atoms with van der Waals surface area (Å²) in [4.78, 5) is 21.9. The molecule has 1 aromatic carbocycles. The summed E-state index contributed by atoms with van der Waals surface area (Å²) in [7, 11) is 1.59. The average molecular weight is 449 g/mol. The Hall–Kier alpha value is -3.88. The summed E-state index contributed by atoms with van der Waals surface area (Å²) in [6, 6.07) is 9.27. The lowest BCUT2D eigenvalue weighted by Gasteiger charge is -2.13. The van der Waals surface area contributed by atoms with Gasteiger partial charge in [0.2, 0.25) is 5.88 Å². The van der Waals surface area contributed by atoms with Crippen molar-refractivity contribution in [1.82, 2.24) is 26.0 Å². The number of carbonyl (C=O) groups excluding carboxylic acids is 1. The molecule has 3 heterocycles. The van der Waals surface area contributed by atoms with Gasteiger partial charge in [0.25, 0.3) is 5.91 Å². The van der Waals surface area contributed by atoms with E-state index in [4.69, 9.17) is 14.5 Å². The van der Waals surface area contributed by atoms with Gasteiger partial charge in [0, 0.05) is 47.8 Å². The van der Waals surface area contributed by atoms with Crippen LogP contribution in [-0.4, -0.2) is 48.6 Å². The first-order valence-electron chi connectivity index (χ1n) is 11.0. The fourth-order valence-electron chi connectivity index (χ4n) is 3.68. The van der Waals surface area contributed by atoms with E-state index in [1.807, 2.05) is 32.0 Å². The molecule has 1 amide bonds. The molecule has 0 unspecified atom stereocenters. The number of hydrogen-bond donors (Lipinski definition) is 3. The number of hydrogen-bond acceptors (Lipinski definition) is 8. The van der Waals surface area contributed by atoms with Gasteiger partial charge in [-0.1, -0.05) is 0 Å². The number of nitrogens with zero attached hydrogens (tertiary/aromatic N) is 3. The number of carbonyl (C=O) groups is 1. The molecule has 3 aromatic rings. The number of amides is 1. The minimum absolute atomic E-state index is 0.135. The monoisotopic (exact) mass is 448 g/mol. The molecule has 172 valence electrons. The van der Waals surface area contributed by atoms with E-state index >= 15 is 0 Å². The van der Waals surface area contributed by atoms with E-state index in [0.717, 1.165) is 46.6 Å². The van der Waals surface area contributed by atoms with Gasteiger partial charge in [-0.25, -0.2) is 9.97 Å². The van der Waals surface area contributed by atoms with Crippen LogP contribution in [-0.2, 0) is 0 Å². The second-order valence-corrected chi connectivity index (χ2v) is 7.64. The maximum Gasteiger partial charge on any atom is 0.251 e. The SMILES string of the molecule is CCOc1cc(-c2cnc(OC)cc2C)nc2cc(C(=O)NCCCC3=NNCN3)ccc12. The highest BCUT2D eigenvalue weighted by molar-refractivity contribution is 5.99. The van der Waals surface area contributed by atoms with Crippen LogP contribution in [0.5, 0.6) is 11.6 Å². The van der Waals surface area contributed by atoms with Crippen molar-refractivity contribution in [1.29, 1.82) is 0 Å². The van der Waals surface area contributed by atoms with E-state index in [2.05, 4.69) is 26.1 Å². The molecule has 33 heavy (non-hydrogen) atoms. The highest BCUT2D eigenvalue weighted by Gasteiger charge is 2.14. The zero-order valence-electron chi connectivity index (χ0n) is 19.1. The van der Waals surface area contributed by atoms with E-state index in [1.165, 1.54) is 0 Å². The zero-order chi connectivity index (χ0) is 23.2. The predicted octanol–water partition coefficient (Wildman–Crippen LogP) is 2.99. The van der Waals surface area contributed by atoms with E-state index in [9.17, 15) is 4.79 Å². The third kappa shape index (κ3) is 5.14. The van der Waals surface area contributed by atoms with Crippen molar-refractivity contribution in [2.45, 2.75) is 26.7 Å². The summed E-state index contributed by atoms with van der Waals surface area (Å²) in [6.45, 7) is 5.67. The third-order valence-electron chi connectivity index (χ3n) is 5.37. The molecule has 1 aliphatic heterocycles. The van der Waals surface area contributed by atoms with Gasteiger partial charge in [-0.2, -0.15) is 5.10 Å². The molecule has 0 aliphatic carbocycles. The Kier molecular flexibility index (Phi) is 6.87. The first kappa shape index (κ1) is 22.3. The number of aryl methyl sites for hydroxylation is 1. The standard InChI is InChI=1S/C24H28N6O3/c1-4-33-21-12-20(18-13-26-23(32-3)10-15(18)2)29-19-11-16(7-8-17(19)21)24(31)25-9-5-6-22-27-14-28-30-22/h7-8,10-13,28H,4-6,9,14H2,1-3H3,(H,25,31)(H,27,30). The third-order valence-corrected chi connectivity index (χ3v) is 5.37. The number of rotatable bonds is 9. The summed E-state index contributed by atoms with van der Waals surface area (Å²) >= 11 is 0. The van der Waals surface area contributed by atoms with Crippen molar-refractivity contribution in [3.63, 3.8) is 0 Å². The summed E-state index contributed by atoms with van der Waals surface area (Å²) < 4.78 is 11.1. The molecule has 4 rings (SSSR count). The van der Waals surface area contributed by atoms with Crippen LogP contribution in [0.25, 0.3) is 22.2 Å². The molecule has 0 saturated carbocycles. The average Bonchev–Trinajstić information content (AvgIpc) is 3.35. The van der Waals surface area contributed by atoms with Crippen LogP contribution < -0.4 is 25.5 Å². The van der Waals surface area contributed by atoms with Crippen molar-refractivity contribution in [2.75, 3.05) is 26.9 Å². The normalized spacial score (nSPS) is 12.6. The Morgan fingerprint density at radius 2 is 2.12 bits per heavy atom. The maximum atomic E-state index is 12.7. The molecule has 1 aliphatic rings. The van der Waals surface area contributed by atoms with Crippen LogP contribution in [0.15, 0.2) is 41.6 Å². The van der Waals surface area contributed by atoms with Crippen LogP contribution in [0.1, 0.15) is 35.7 Å². The summed E-state index contributed by atoms with van der Waals surface area (Å²) in [5.74, 6) is 2.05. The lowest BCUT2D eigenvalue weighted by atomic mass is 10.0. The highest BCUT2D eigenvalue weighted by atomic mass is 16.5. The van der Waals surface area contributed by atoms with Crippen LogP contribution >= 0.6 is 0 Å². The second kappa shape index (κ2) is 10.2. The van der Waals surface area contributed by atoms with Gasteiger partial charge in [-0.15, -0.1) is 0 Å². The van der Waals surface area contributed by atoms with Crippen molar-refractivity contribution in [3.05, 3.63) is 47.7 Å².